The summed E-state index contributed by atoms with van der Waals surface area (Å²) in [5, 5.41) is 3.60. The van der Waals surface area contributed by atoms with Crippen LogP contribution in [0.4, 0.5) is 0 Å². The molecule has 1 N–H and O–H groups in total. The smallest absolute Gasteiger partial charge is 0.183 e. The van der Waals surface area contributed by atoms with Crippen LogP contribution in [0, 0.1) is 5.92 Å². The minimum Gasteiger partial charge on any atom is -0.493 e. The number of hydrogen-bond acceptors (Lipinski definition) is 5. The maximum atomic E-state index is 5.47. The van der Waals surface area contributed by atoms with Gasteiger partial charge < -0.3 is 14.8 Å². The molecule has 1 atom stereocenters. The van der Waals surface area contributed by atoms with Gasteiger partial charge in [-0.2, -0.15) is 0 Å². The zero-order valence-electron chi connectivity index (χ0n) is 13.6. The van der Waals surface area contributed by atoms with Crippen LogP contribution in [0.15, 0.2) is 12.3 Å². The molecule has 1 fully saturated rings. The zero-order valence-corrected chi connectivity index (χ0v) is 13.6. The Kier molecular flexibility index (Phi) is 5.82. The van der Waals surface area contributed by atoms with Gasteiger partial charge in [0.15, 0.2) is 11.5 Å². The highest BCUT2D eigenvalue weighted by Crippen LogP contribution is 2.30. The first-order chi connectivity index (χ1) is 10.1. The second kappa shape index (κ2) is 7.61. The van der Waals surface area contributed by atoms with Crippen LogP contribution < -0.4 is 14.8 Å². The van der Waals surface area contributed by atoms with Crippen LogP contribution in [0.2, 0.25) is 0 Å². The third-order valence-electron chi connectivity index (χ3n) is 3.84. The Bertz CT molecular complexity index is 451. The van der Waals surface area contributed by atoms with E-state index in [1.807, 2.05) is 6.07 Å². The number of ether oxygens (including phenoxy) is 2. The number of nitrogens with zero attached hydrogens (tertiary/aromatic N) is 2. The molecule has 0 saturated carbocycles. The fraction of sp³-hybridized carbons (Fsp3) is 0.688. The van der Waals surface area contributed by atoms with Gasteiger partial charge >= 0.3 is 0 Å². The molecule has 0 spiro atoms. The van der Waals surface area contributed by atoms with Crippen molar-refractivity contribution in [3.63, 3.8) is 0 Å². The summed E-state index contributed by atoms with van der Waals surface area (Å²) in [4.78, 5) is 6.91. The molecule has 21 heavy (non-hydrogen) atoms. The van der Waals surface area contributed by atoms with E-state index in [0.717, 1.165) is 43.4 Å². The second-order valence-electron chi connectivity index (χ2n) is 6.01. The van der Waals surface area contributed by atoms with Gasteiger partial charge in [0.1, 0.15) is 5.69 Å². The topological polar surface area (TPSA) is 46.6 Å². The van der Waals surface area contributed by atoms with Crippen molar-refractivity contribution < 1.29 is 9.47 Å². The SMILES string of the molecule is COc1ccnc(CN2CCNC(CC(C)C)C2)c1OC. The predicted octanol–water partition coefficient (Wildman–Crippen LogP) is 1.92. The van der Waals surface area contributed by atoms with Crippen molar-refractivity contribution in [1.82, 2.24) is 15.2 Å². The molecule has 1 aliphatic rings. The molecule has 2 heterocycles. The number of piperazine rings is 1. The van der Waals surface area contributed by atoms with Crippen LogP contribution in [0.1, 0.15) is 26.0 Å². The Morgan fingerprint density at radius 3 is 2.86 bits per heavy atom. The van der Waals surface area contributed by atoms with Crippen molar-refractivity contribution in [2.75, 3.05) is 33.9 Å². The normalized spacial score (nSPS) is 19.8. The minimum absolute atomic E-state index is 0.565. The van der Waals surface area contributed by atoms with Gasteiger partial charge in [0.05, 0.1) is 14.2 Å². The molecule has 118 valence electrons. The fourth-order valence-electron chi connectivity index (χ4n) is 2.94. The van der Waals surface area contributed by atoms with Crippen LogP contribution in [-0.4, -0.2) is 49.8 Å². The molecule has 0 aromatic carbocycles. The molecule has 5 nitrogen and oxygen atoms in total. The maximum absolute atomic E-state index is 5.47. The summed E-state index contributed by atoms with van der Waals surface area (Å²) in [5.74, 6) is 2.21. The Balaban J connectivity index is 2.04. The number of methoxy groups -OCH3 is 2. The van der Waals surface area contributed by atoms with Crippen molar-refractivity contribution in [2.24, 2.45) is 5.92 Å². The van der Waals surface area contributed by atoms with Crippen LogP contribution in [0.5, 0.6) is 11.5 Å². The first-order valence-corrected chi connectivity index (χ1v) is 7.65. The highest BCUT2D eigenvalue weighted by Gasteiger charge is 2.22. The van der Waals surface area contributed by atoms with Crippen molar-refractivity contribution in [2.45, 2.75) is 32.9 Å². The number of hydrogen-bond donors (Lipinski definition) is 1. The monoisotopic (exact) mass is 293 g/mol. The van der Waals surface area contributed by atoms with E-state index in [0.29, 0.717) is 12.0 Å². The van der Waals surface area contributed by atoms with E-state index < -0.39 is 0 Å². The molecular formula is C16H27N3O2. The predicted molar refractivity (Wildman–Crippen MR) is 83.9 cm³/mol. The van der Waals surface area contributed by atoms with Gasteiger partial charge in [0.2, 0.25) is 0 Å². The van der Waals surface area contributed by atoms with Gasteiger partial charge in [-0.1, -0.05) is 13.8 Å². The summed E-state index contributed by atoms with van der Waals surface area (Å²) < 4.78 is 10.8. The third kappa shape index (κ3) is 4.32. The van der Waals surface area contributed by atoms with Crippen molar-refractivity contribution >= 4 is 0 Å². The average Bonchev–Trinajstić information content (AvgIpc) is 2.46. The van der Waals surface area contributed by atoms with E-state index in [2.05, 4.69) is 29.0 Å². The van der Waals surface area contributed by atoms with Gasteiger partial charge in [0.25, 0.3) is 0 Å². The van der Waals surface area contributed by atoms with Gasteiger partial charge in [0, 0.05) is 44.5 Å². The summed E-state index contributed by atoms with van der Waals surface area (Å²) in [6.07, 6.45) is 2.99. The average molecular weight is 293 g/mol. The number of rotatable bonds is 6. The van der Waals surface area contributed by atoms with E-state index in [1.165, 1.54) is 6.42 Å². The molecule has 1 aromatic heterocycles. The molecule has 1 aromatic rings. The van der Waals surface area contributed by atoms with Crippen LogP contribution >= 0.6 is 0 Å². The zero-order chi connectivity index (χ0) is 15.2. The van der Waals surface area contributed by atoms with Gasteiger partial charge in [-0.15, -0.1) is 0 Å². The first kappa shape index (κ1) is 16.0. The van der Waals surface area contributed by atoms with E-state index in [-0.39, 0.29) is 0 Å². The number of nitrogens with one attached hydrogen (secondary N) is 1. The molecular weight excluding hydrogens is 266 g/mol. The van der Waals surface area contributed by atoms with E-state index in [9.17, 15) is 0 Å². The quantitative estimate of drug-likeness (QED) is 0.868. The van der Waals surface area contributed by atoms with E-state index in [4.69, 9.17) is 9.47 Å². The van der Waals surface area contributed by atoms with Gasteiger partial charge in [-0.05, 0) is 12.3 Å². The lowest BCUT2D eigenvalue weighted by Crippen LogP contribution is -2.50. The summed E-state index contributed by atoms with van der Waals surface area (Å²) in [6, 6.07) is 2.40. The standard InChI is InChI=1S/C16H27N3O2/c1-12(2)9-13-10-19(8-7-17-13)11-14-16(21-4)15(20-3)5-6-18-14/h5-6,12-13,17H,7-11H2,1-4H3. The Morgan fingerprint density at radius 1 is 1.38 bits per heavy atom. The molecule has 0 aliphatic carbocycles. The second-order valence-corrected chi connectivity index (χ2v) is 6.01. The van der Waals surface area contributed by atoms with Crippen LogP contribution in [0.25, 0.3) is 0 Å². The molecule has 5 heteroatoms. The first-order valence-electron chi connectivity index (χ1n) is 7.65. The largest absolute Gasteiger partial charge is 0.493 e. The van der Waals surface area contributed by atoms with E-state index >= 15 is 0 Å². The van der Waals surface area contributed by atoms with Crippen molar-refractivity contribution in [3.8, 4) is 11.5 Å². The Hall–Kier alpha value is -1.33. The van der Waals surface area contributed by atoms with E-state index in [1.54, 1.807) is 20.4 Å². The highest BCUT2D eigenvalue weighted by atomic mass is 16.5. The summed E-state index contributed by atoms with van der Waals surface area (Å²) in [5.41, 5.74) is 0.946. The van der Waals surface area contributed by atoms with Crippen molar-refractivity contribution in [3.05, 3.63) is 18.0 Å². The van der Waals surface area contributed by atoms with Gasteiger partial charge in [-0.25, -0.2) is 0 Å². The molecule has 1 aliphatic heterocycles. The van der Waals surface area contributed by atoms with Gasteiger partial charge in [-0.3, -0.25) is 9.88 Å². The Morgan fingerprint density at radius 2 is 2.19 bits per heavy atom. The molecule has 2 rings (SSSR count). The fourth-order valence-corrected chi connectivity index (χ4v) is 2.94. The number of aromatic nitrogens is 1. The third-order valence-corrected chi connectivity index (χ3v) is 3.84. The molecule has 1 saturated heterocycles. The Labute approximate surface area is 127 Å². The van der Waals surface area contributed by atoms with Crippen LogP contribution in [0.3, 0.4) is 0 Å². The minimum atomic E-state index is 0.565. The maximum Gasteiger partial charge on any atom is 0.183 e. The van der Waals surface area contributed by atoms with Crippen molar-refractivity contribution in [1.29, 1.82) is 0 Å². The summed E-state index contributed by atoms with van der Waals surface area (Å²) >= 11 is 0. The lowest BCUT2D eigenvalue weighted by atomic mass is 10.0. The lowest BCUT2D eigenvalue weighted by Gasteiger charge is -2.34. The summed E-state index contributed by atoms with van der Waals surface area (Å²) in [7, 11) is 3.33. The summed E-state index contributed by atoms with van der Waals surface area (Å²) in [6.45, 7) is 8.47. The molecule has 0 radical (unpaired) electrons. The number of pyridine rings is 1. The molecule has 0 bridgehead atoms. The lowest BCUT2D eigenvalue weighted by molar-refractivity contribution is 0.176. The molecule has 1 unspecified atom stereocenters. The highest BCUT2D eigenvalue weighted by molar-refractivity contribution is 5.42. The molecule has 0 amide bonds. The van der Waals surface area contributed by atoms with Crippen LogP contribution in [-0.2, 0) is 6.54 Å².